The maximum absolute atomic E-state index is 4.12. The van der Waals surface area contributed by atoms with Crippen molar-refractivity contribution in [2.45, 2.75) is 47.1 Å². The molecular formula is C14H23N. The van der Waals surface area contributed by atoms with Crippen molar-refractivity contribution in [1.82, 2.24) is 4.90 Å². The summed E-state index contributed by atoms with van der Waals surface area (Å²) in [7, 11) is 0. The third kappa shape index (κ3) is 2.74. The van der Waals surface area contributed by atoms with Gasteiger partial charge in [0.15, 0.2) is 0 Å². The number of rotatable bonds is 0. The Morgan fingerprint density at radius 1 is 1.07 bits per heavy atom. The van der Waals surface area contributed by atoms with Crippen molar-refractivity contribution >= 4 is 0 Å². The lowest BCUT2D eigenvalue weighted by Gasteiger charge is -2.38. The summed E-state index contributed by atoms with van der Waals surface area (Å²) in [4.78, 5) is 2.21. The summed E-state index contributed by atoms with van der Waals surface area (Å²) in [6, 6.07) is 0. The van der Waals surface area contributed by atoms with E-state index in [2.05, 4.69) is 71.4 Å². The Hall–Kier alpha value is -0.980. The van der Waals surface area contributed by atoms with Gasteiger partial charge in [0.05, 0.1) is 0 Å². The van der Waals surface area contributed by atoms with Gasteiger partial charge in [-0.1, -0.05) is 27.4 Å². The molecule has 0 atom stereocenters. The van der Waals surface area contributed by atoms with E-state index in [1.807, 2.05) is 0 Å². The van der Waals surface area contributed by atoms with Crippen LogP contribution in [0, 0.1) is 5.41 Å². The summed E-state index contributed by atoms with van der Waals surface area (Å²) < 4.78 is 0. The molecule has 0 fully saturated rings. The molecule has 0 saturated carbocycles. The van der Waals surface area contributed by atoms with E-state index < -0.39 is 0 Å². The molecule has 0 aromatic rings. The normalized spacial score (nSPS) is 18.1. The maximum Gasteiger partial charge on any atom is 0.0361 e. The molecule has 0 bridgehead atoms. The molecule has 15 heavy (non-hydrogen) atoms. The van der Waals surface area contributed by atoms with Gasteiger partial charge in [-0.25, -0.2) is 0 Å². The molecule has 1 aliphatic rings. The lowest BCUT2D eigenvalue weighted by Crippen LogP contribution is -2.37. The molecule has 0 aromatic heterocycles. The van der Waals surface area contributed by atoms with Crippen LogP contribution < -0.4 is 0 Å². The van der Waals surface area contributed by atoms with Crippen LogP contribution >= 0.6 is 0 Å². The third-order valence-electron chi connectivity index (χ3n) is 2.62. The molecule has 1 heteroatoms. The van der Waals surface area contributed by atoms with Crippen LogP contribution in [-0.2, 0) is 0 Å². The molecule has 84 valence electrons. The fourth-order valence-corrected chi connectivity index (χ4v) is 1.67. The first-order valence-corrected chi connectivity index (χ1v) is 5.51. The number of allylic oxidation sites excluding steroid dienone is 3. The highest BCUT2D eigenvalue weighted by Crippen LogP contribution is 2.33. The van der Waals surface area contributed by atoms with Crippen molar-refractivity contribution in [2.75, 3.05) is 0 Å². The number of hydrogen-bond acceptors (Lipinski definition) is 1. The Balaban J connectivity index is 2.95. The minimum atomic E-state index is 0.105. The minimum Gasteiger partial charge on any atom is -0.343 e. The summed E-state index contributed by atoms with van der Waals surface area (Å²) >= 11 is 0. The highest BCUT2D eigenvalue weighted by Gasteiger charge is 2.24. The summed E-state index contributed by atoms with van der Waals surface area (Å²) in [5.74, 6) is 0. The Kier molecular flexibility index (Phi) is 2.86. The van der Waals surface area contributed by atoms with Gasteiger partial charge in [0, 0.05) is 17.4 Å². The predicted octanol–water partition coefficient (Wildman–Crippen LogP) is 4.10. The van der Waals surface area contributed by atoms with E-state index in [4.69, 9.17) is 0 Å². The molecule has 0 saturated heterocycles. The van der Waals surface area contributed by atoms with Crippen molar-refractivity contribution in [2.24, 2.45) is 5.41 Å². The van der Waals surface area contributed by atoms with Crippen LogP contribution in [0.2, 0.25) is 0 Å². The first-order valence-electron chi connectivity index (χ1n) is 5.51. The molecule has 0 spiro atoms. The quantitative estimate of drug-likeness (QED) is 0.575. The average molecular weight is 205 g/mol. The van der Waals surface area contributed by atoms with Crippen molar-refractivity contribution in [3.8, 4) is 0 Å². The smallest absolute Gasteiger partial charge is 0.0361 e. The van der Waals surface area contributed by atoms with Gasteiger partial charge in [0.25, 0.3) is 0 Å². The van der Waals surface area contributed by atoms with Gasteiger partial charge in [-0.15, -0.1) is 0 Å². The van der Waals surface area contributed by atoms with E-state index in [-0.39, 0.29) is 11.0 Å². The minimum absolute atomic E-state index is 0.105. The Labute approximate surface area is 94.2 Å². The van der Waals surface area contributed by atoms with Crippen LogP contribution in [0.5, 0.6) is 0 Å². The second kappa shape index (κ2) is 3.55. The van der Waals surface area contributed by atoms with E-state index in [1.54, 1.807) is 0 Å². The lowest BCUT2D eigenvalue weighted by molar-refractivity contribution is 0.262. The van der Waals surface area contributed by atoms with Crippen LogP contribution in [0.25, 0.3) is 0 Å². The van der Waals surface area contributed by atoms with Gasteiger partial charge >= 0.3 is 0 Å². The van der Waals surface area contributed by atoms with Gasteiger partial charge in [-0.2, -0.15) is 0 Å². The third-order valence-corrected chi connectivity index (χ3v) is 2.62. The Morgan fingerprint density at radius 3 is 1.93 bits per heavy atom. The maximum atomic E-state index is 4.12. The van der Waals surface area contributed by atoms with Crippen molar-refractivity contribution in [3.05, 3.63) is 36.2 Å². The van der Waals surface area contributed by atoms with E-state index >= 15 is 0 Å². The SMILES string of the molecule is C=C1C=C(C(C)(C)C)C=CN1C(C)(C)C. The van der Waals surface area contributed by atoms with Crippen LogP contribution in [0.4, 0.5) is 0 Å². The van der Waals surface area contributed by atoms with Crippen LogP contribution in [0.15, 0.2) is 36.2 Å². The van der Waals surface area contributed by atoms with Crippen molar-refractivity contribution < 1.29 is 0 Å². The van der Waals surface area contributed by atoms with E-state index in [0.717, 1.165) is 5.70 Å². The standard InChI is InChI=1S/C14H23N/c1-11-10-12(13(2,3)4)8-9-15(11)14(5,6)7/h8-10H,1H2,2-7H3. The zero-order chi connectivity index (χ0) is 11.9. The fourth-order valence-electron chi connectivity index (χ4n) is 1.67. The first kappa shape index (κ1) is 12.1. The van der Waals surface area contributed by atoms with Gasteiger partial charge in [-0.3, -0.25) is 0 Å². The van der Waals surface area contributed by atoms with Crippen molar-refractivity contribution in [1.29, 1.82) is 0 Å². The largest absolute Gasteiger partial charge is 0.343 e. The predicted molar refractivity (Wildman–Crippen MR) is 67.4 cm³/mol. The van der Waals surface area contributed by atoms with Gasteiger partial charge in [0.1, 0.15) is 0 Å². The summed E-state index contributed by atoms with van der Waals surface area (Å²) in [6.45, 7) is 17.4. The van der Waals surface area contributed by atoms with E-state index in [9.17, 15) is 0 Å². The number of hydrogen-bond donors (Lipinski definition) is 0. The average Bonchev–Trinajstić information content (AvgIpc) is 1.99. The van der Waals surface area contributed by atoms with Crippen LogP contribution in [-0.4, -0.2) is 10.4 Å². The summed E-state index contributed by atoms with van der Waals surface area (Å²) in [5, 5.41) is 0. The van der Waals surface area contributed by atoms with E-state index in [1.165, 1.54) is 5.57 Å². The molecule has 1 nitrogen and oxygen atoms in total. The van der Waals surface area contributed by atoms with Crippen molar-refractivity contribution in [3.63, 3.8) is 0 Å². The summed E-state index contributed by atoms with van der Waals surface area (Å²) in [5.41, 5.74) is 2.72. The molecule has 1 aliphatic heterocycles. The van der Waals surface area contributed by atoms with E-state index in [0.29, 0.717) is 0 Å². The molecule has 0 amide bonds. The molecule has 0 radical (unpaired) electrons. The zero-order valence-corrected chi connectivity index (χ0v) is 10.9. The molecule has 0 aliphatic carbocycles. The zero-order valence-electron chi connectivity index (χ0n) is 10.9. The molecule has 0 N–H and O–H groups in total. The topological polar surface area (TPSA) is 3.24 Å². The molecule has 0 aromatic carbocycles. The van der Waals surface area contributed by atoms with Gasteiger partial charge < -0.3 is 4.90 Å². The highest BCUT2D eigenvalue weighted by atomic mass is 15.2. The van der Waals surface area contributed by atoms with Crippen LogP contribution in [0.3, 0.4) is 0 Å². The van der Waals surface area contributed by atoms with Crippen LogP contribution in [0.1, 0.15) is 41.5 Å². The van der Waals surface area contributed by atoms with Gasteiger partial charge in [0.2, 0.25) is 0 Å². The monoisotopic (exact) mass is 205 g/mol. The second-order valence-corrected chi connectivity index (χ2v) is 6.20. The van der Waals surface area contributed by atoms with Gasteiger partial charge in [-0.05, 0) is 43.9 Å². The molecule has 1 rings (SSSR count). The Bertz CT molecular complexity index is 318. The molecule has 1 heterocycles. The highest BCUT2D eigenvalue weighted by molar-refractivity contribution is 5.37. The summed E-state index contributed by atoms with van der Waals surface area (Å²) in [6.07, 6.45) is 6.52. The lowest BCUT2D eigenvalue weighted by atomic mass is 9.84. The Morgan fingerprint density at radius 2 is 1.60 bits per heavy atom. The fraction of sp³-hybridized carbons (Fsp3) is 0.571. The first-order chi connectivity index (χ1) is 6.62. The molecular weight excluding hydrogens is 182 g/mol. The second-order valence-electron chi connectivity index (χ2n) is 6.20. The number of nitrogens with zero attached hydrogens (tertiary/aromatic N) is 1. The molecule has 0 unspecified atom stereocenters.